The molecule has 0 spiro atoms. The lowest BCUT2D eigenvalue weighted by molar-refractivity contribution is 0.0980. The predicted molar refractivity (Wildman–Crippen MR) is 115 cm³/mol. The maximum absolute atomic E-state index is 13.4. The summed E-state index contributed by atoms with van der Waals surface area (Å²) in [6, 6.07) is 21.3. The van der Waals surface area contributed by atoms with Crippen molar-refractivity contribution in [3.63, 3.8) is 0 Å². The van der Waals surface area contributed by atoms with E-state index in [1.165, 1.54) is 0 Å². The number of anilines is 2. The molecule has 0 aliphatic heterocycles. The van der Waals surface area contributed by atoms with Gasteiger partial charge in [-0.15, -0.1) is 0 Å². The molecule has 3 aromatic rings. The number of ether oxygens (including phenoxy) is 1. The molecule has 1 N–H and O–H groups in total. The van der Waals surface area contributed by atoms with Crippen LogP contribution in [0.4, 0.5) is 11.5 Å². The molecule has 1 heterocycles. The monoisotopic (exact) mass is 390 g/mol. The maximum atomic E-state index is 13.4. The first-order valence-electron chi connectivity index (χ1n) is 9.66. The number of aromatic nitrogens is 2. The molecule has 150 valence electrons. The van der Waals surface area contributed by atoms with Crippen LogP contribution in [0.3, 0.4) is 0 Å². The van der Waals surface area contributed by atoms with Gasteiger partial charge in [0, 0.05) is 32.0 Å². The molecule has 0 saturated heterocycles. The van der Waals surface area contributed by atoms with Crippen LogP contribution in [-0.2, 0) is 11.3 Å². The Hall–Kier alpha value is -3.25. The third-order valence-electron chi connectivity index (χ3n) is 4.38. The van der Waals surface area contributed by atoms with Crippen LogP contribution >= 0.6 is 0 Å². The van der Waals surface area contributed by atoms with E-state index < -0.39 is 0 Å². The summed E-state index contributed by atoms with van der Waals surface area (Å²) in [6.45, 7) is 3.64. The van der Waals surface area contributed by atoms with Gasteiger partial charge in [0.1, 0.15) is 17.3 Å². The molecule has 0 bridgehead atoms. The minimum Gasteiger partial charge on any atom is -0.385 e. The first-order chi connectivity index (χ1) is 14.2. The number of carbonyl (C=O) groups excluding carboxylic acids is 1. The summed E-state index contributed by atoms with van der Waals surface area (Å²) in [5.74, 6) is 1.04. The fourth-order valence-corrected chi connectivity index (χ4v) is 2.99. The van der Waals surface area contributed by atoms with Gasteiger partial charge in [-0.05, 0) is 31.0 Å². The number of nitrogens with one attached hydrogen (secondary N) is 1. The van der Waals surface area contributed by atoms with E-state index in [2.05, 4.69) is 15.3 Å². The van der Waals surface area contributed by atoms with Crippen LogP contribution in [0.5, 0.6) is 0 Å². The molecule has 0 aliphatic carbocycles. The van der Waals surface area contributed by atoms with E-state index in [1.807, 2.05) is 60.7 Å². The van der Waals surface area contributed by atoms with Gasteiger partial charge in [0.05, 0.1) is 6.54 Å². The lowest BCUT2D eigenvalue weighted by Crippen LogP contribution is -2.31. The van der Waals surface area contributed by atoms with E-state index >= 15 is 0 Å². The molecule has 3 rings (SSSR count). The lowest BCUT2D eigenvalue weighted by Gasteiger charge is -2.23. The Morgan fingerprint density at radius 1 is 1.03 bits per heavy atom. The van der Waals surface area contributed by atoms with Crippen molar-refractivity contribution in [3.8, 4) is 0 Å². The van der Waals surface area contributed by atoms with Gasteiger partial charge in [-0.2, -0.15) is 0 Å². The van der Waals surface area contributed by atoms with Crippen LogP contribution in [0.25, 0.3) is 0 Å². The van der Waals surface area contributed by atoms with Crippen LogP contribution in [0.15, 0.2) is 66.7 Å². The molecular weight excluding hydrogens is 364 g/mol. The lowest BCUT2D eigenvalue weighted by atomic mass is 10.1. The van der Waals surface area contributed by atoms with Gasteiger partial charge in [0.2, 0.25) is 0 Å². The molecule has 0 aliphatic rings. The van der Waals surface area contributed by atoms with E-state index in [0.29, 0.717) is 37.0 Å². The van der Waals surface area contributed by atoms with Crippen molar-refractivity contribution in [2.45, 2.75) is 19.9 Å². The quantitative estimate of drug-likeness (QED) is 0.558. The van der Waals surface area contributed by atoms with Crippen molar-refractivity contribution in [2.24, 2.45) is 0 Å². The zero-order valence-corrected chi connectivity index (χ0v) is 16.8. The zero-order chi connectivity index (χ0) is 20.5. The topological polar surface area (TPSA) is 67.3 Å². The molecule has 0 fully saturated rings. The first-order valence-corrected chi connectivity index (χ1v) is 9.66. The summed E-state index contributed by atoms with van der Waals surface area (Å²) in [5.41, 5.74) is 2.24. The Balaban J connectivity index is 1.86. The molecule has 1 amide bonds. The highest BCUT2D eigenvalue weighted by Gasteiger charge is 2.20. The highest BCUT2D eigenvalue weighted by Crippen LogP contribution is 2.20. The molecule has 0 unspecified atom stereocenters. The van der Waals surface area contributed by atoms with Crippen molar-refractivity contribution in [1.29, 1.82) is 0 Å². The molecule has 1 aromatic heterocycles. The summed E-state index contributed by atoms with van der Waals surface area (Å²) in [7, 11) is 1.68. The minimum absolute atomic E-state index is 0.162. The van der Waals surface area contributed by atoms with Gasteiger partial charge >= 0.3 is 0 Å². The third-order valence-corrected chi connectivity index (χ3v) is 4.38. The minimum atomic E-state index is -0.162. The Labute approximate surface area is 171 Å². The predicted octanol–water partition coefficient (Wildman–Crippen LogP) is 4.08. The molecule has 0 saturated carbocycles. The average molecular weight is 390 g/mol. The van der Waals surface area contributed by atoms with Crippen LogP contribution in [0.1, 0.15) is 28.3 Å². The van der Waals surface area contributed by atoms with E-state index in [1.54, 1.807) is 25.0 Å². The number of aryl methyl sites for hydroxylation is 1. The van der Waals surface area contributed by atoms with E-state index in [4.69, 9.17) is 4.74 Å². The molecular formula is C23H26N4O2. The number of hydrogen-bond acceptors (Lipinski definition) is 5. The van der Waals surface area contributed by atoms with Crippen LogP contribution in [0.2, 0.25) is 0 Å². The van der Waals surface area contributed by atoms with Gasteiger partial charge in [-0.3, -0.25) is 4.79 Å². The third kappa shape index (κ3) is 5.86. The number of amides is 1. The smallest absolute Gasteiger partial charge is 0.277 e. The van der Waals surface area contributed by atoms with E-state index in [9.17, 15) is 4.79 Å². The number of methoxy groups -OCH3 is 1. The molecule has 0 atom stereocenters. The van der Waals surface area contributed by atoms with Crippen molar-refractivity contribution in [3.05, 3.63) is 83.8 Å². The second-order valence-corrected chi connectivity index (χ2v) is 6.67. The van der Waals surface area contributed by atoms with Gasteiger partial charge in [-0.1, -0.05) is 48.5 Å². The Kier molecular flexibility index (Phi) is 7.30. The fraction of sp³-hybridized carbons (Fsp3) is 0.261. The fourth-order valence-electron chi connectivity index (χ4n) is 2.99. The molecule has 6 nitrogen and oxygen atoms in total. The normalized spacial score (nSPS) is 10.6. The van der Waals surface area contributed by atoms with E-state index in [-0.39, 0.29) is 5.91 Å². The number of hydrogen-bond donors (Lipinski definition) is 1. The zero-order valence-electron chi connectivity index (χ0n) is 16.8. The summed E-state index contributed by atoms with van der Waals surface area (Å²) < 4.78 is 5.07. The van der Waals surface area contributed by atoms with Crippen LogP contribution in [-0.4, -0.2) is 36.1 Å². The second-order valence-electron chi connectivity index (χ2n) is 6.67. The Bertz CT molecular complexity index is 917. The number of rotatable bonds is 9. The van der Waals surface area contributed by atoms with Crippen LogP contribution in [0, 0.1) is 6.92 Å². The summed E-state index contributed by atoms with van der Waals surface area (Å²) in [6.07, 6.45) is 0.854. The number of para-hydroxylation sites is 1. The highest BCUT2D eigenvalue weighted by molar-refractivity contribution is 6.05. The van der Waals surface area contributed by atoms with Gasteiger partial charge in [0.15, 0.2) is 0 Å². The summed E-state index contributed by atoms with van der Waals surface area (Å²) in [5, 5.41) is 3.24. The maximum Gasteiger partial charge on any atom is 0.277 e. The van der Waals surface area contributed by atoms with Crippen molar-refractivity contribution in [1.82, 2.24) is 9.97 Å². The standard InChI is InChI=1S/C23H26N4O2/c1-18-25-21(16-22(26-18)24-14-9-15-29-2)23(28)27(20-12-7-4-8-13-20)17-19-10-5-3-6-11-19/h3-8,10-13,16H,9,14-15,17H2,1-2H3,(H,24,25,26). The largest absolute Gasteiger partial charge is 0.385 e. The van der Waals surface area contributed by atoms with E-state index in [0.717, 1.165) is 17.7 Å². The number of nitrogens with zero attached hydrogens (tertiary/aromatic N) is 3. The SMILES string of the molecule is COCCCNc1cc(C(=O)N(Cc2ccccc2)c2ccccc2)nc(C)n1. The second kappa shape index (κ2) is 10.3. The first kappa shape index (κ1) is 20.5. The number of benzene rings is 2. The van der Waals surface area contributed by atoms with Crippen molar-refractivity contribution < 1.29 is 9.53 Å². The molecule has 0 radical (unpaired) electrons. The Morgan fingerprint density at radius 3 is 2.41 bits per heavy atom. The molecule has 2 aromatic carbocycles. The van der Waals surface area contributed by atoms with Crippen LogP contribution < -0.4 is 10.2 Å². The Morgan fingerprint density at radius 2 is 1.72 bits per heavy atom. The summed E-state index contributed by atoms with van der Waals surface area (Å²) in [4.78, 5) is 24.0. The molecule has 6 heteroatoms. The summed E-state index contributed by atoms with van der Waals surface area (Å²) >= 11 is 0. The molecule has 29 heavy (non-hydrogen) atoms. The van der Waals surface area contributed by atoms with Gasteiger partial charge in [-0.25, -0.2) is 9.97 Å². The van der Waals surface area contributed by atoms with Gasteiger partial charge < -0.3 is 15.0 Å². The average Bonchev–Trinajstić information content (AvgIpc) is 2.75. The number of carbonyl (C=O) groups is 1. The van der Waals surface area contributed by atoms with Crippen molar-refractivity contribution in [2.75, 3.05) is 30.5 Å². The van der Waals surface area contributed by atoms with Crippen molar-refractivity contribution >= 4 is 17.4 Å². The van der Waals surface area contributed by atoms with Gasteiger partial charge in [0.25, 0.3) is 5.91 Å². The highest BCUT2D eigenvalue weighted by atomic mass is 16.5.